The summed E-state index contributed by atoms with van der Waals surface area (Å²) in [5.41, 5.74) is 0. The molecule has 1 fully saturated rings. The Morgan fingerprint density at radius 3 is 2.91 bits per heavy atom. The van der Waals surface area contributed by atoms with Gasteiger partial charge in [0.25, 0.3) is 0 Å². The molecule has 1 aromatic rings. The first-order valence-corrected chi connectivity index (χ1v) is 7.54. The van der Waals surface area contributed by atoms with Crippen molar-refractivity contribution >= 4 is 11.9 Å². The van der Waals surface area contributed by atoms with Crippen molar-refractivity contribution in [1.82, 2.24) is 4.90 Å². The van der Waals surface area contributed by atoms with Crippen molar-refractivity contribution in [2.75, 3.05) is 33.4 Å². The Morgan fingerprint density at radius 2 is 2.13 bits per heavy atom. The average molecular weight is 321 g/mol. The molecule has 0 aromatic heterocycles. The van der Waals surface area contributed by atoms with E-state index in [4.69, 9.17) is 14.2 Å². The number of nitrogens with zero attached hydrogens (tertiary/aromatic N) is 1. The number of piperidine rings is 1. The van der Waals surface area contributed by atoms with E-state index < -0.39 is 12.3 Å². The summed E-state index contributed by atoms with van der Waals surface area (Å²) in [5, 5.41) is 0. The summed E-state index contributed by atoms with van der Waals surface area (Å²) in [6.45, 7) is 2.00. The Bertz CT molecular complexity index is 590. The second-order valence-corrected chi connectivity index (χ2v) is 5.53. The van der Waals surface area contributed by atoms with Crippen molar-refractivity contribution in [3.05, 3.63) is 24.3 Å². The molecule has 2 heterocycles. The van der Waals surface area contributed by atoms with E-state index in [0.717, 1.165) is 11.5 Å². The topological polar surface area (TPSA) is 74.3 Å². The number of carbonyl (C=O) groups is 2. The van der Waals surface area contributed by atoms with Gasteiger partial charge in [0, 0.05) is 26.1 Å². The van der Waals surface area contributed by atoms with Gasteiger partial charge in [0.1, 0.15) is 12.7 Å². The van der Waals surface area contributed by atoms with E-state index in [0.29, 0.717) is 32.7 Å². The number of ketones is 1. The molecule has 2 unspecified atom stereocenters. The van der Waals surface area contributed by atoms with Gasteiger partial charge in [0.15, 0.2) is 23.4 Å². The highest BCUT2D eigenvalue weighted by molar-refractivity contribution is 5.85. The zero-order valence-electron chi connectivity index (χ0n) is 12.9. The van der Waals surface area contributed by atoms with Gasteiger partial charge in [0.2, 0.25) is 0 Å². The first-order valence-electron chi connectivity index (χ1n) is 7.54. The molecule has 0 saturated carbocycles. The van der Waals surface area contributed by atoms with E-state index in [-0.39, 0.29) is 11.9 Å². The number of rotatable bonds is 3. The van der Waals surface area contributed by atoms with Gasteiger partial charge in [-0.05, 0) is 12.1 Å². The first kappa shape index (κ1) is 15.6. The maximum atomic E-state index is 11.8. The lowest BCUT2D eigenvalue weighted by Crippen LogP contribution is -2.50. The number of likely N-dealkylation sites (tertiary alicyclic amines) is 1. The van der Waals surface area contributed by atoms with Crippen LogP contribution in [0.3, 0.4) is 0 Å². The molecule has 2 atom stereocenters. The quantitative estimate of drug-likeness (QED) is 0.776. The molecule has 7 heteroatoms. The Balaban J connectivity index is 1.56. The summed E-state index contributed by atoms with van der Waals surface area (Å²) in [5.74, 6) is 1.38. The van der Waals surface area contributed by atoms with Crippen molar-refractivity contribution in [3.8, 4) is 11.5 Å². The largest absolute Gasteiger partial charge is 0.508 e. The van der Waals surface area contributed by atoms with E-state index in [2.05, 4.69) is 4.74 Å². The molecular formula is C16H19NO6. The van der Waals surface area contributed by atoms with Gasteiger partial charge in [-0.25, -0.2) is 4.79 Å². The molecule has 7 nitrogen and oxygen atoms in total. The number of Topliss-reactive ketones (excluding diaryl/α,β-unsaturated/α-hetero) is 1. The molecule has 0 aliphatic carbocycles. The van der Waals surface area contributed by atoms with Gasteiger partial charge in [-0.3, -0.25) is 9.69 Å². The third-order valence-electron chi connectivity index (χ3n) is 3.89. The van der Waals surface area contributed by atoms with E-state index in [1.807, 2.05) is 29.2 Å². The Labute approximate surface area is 134 Å². The van der Waals surface area contributed by atoms with Crippen LogP contribution in [-0.4, -0.2) is 62.4 Å². The predicted octanol–water partition coefficient (Wildman–Crippen LogP) is 1.25. The minimum atomic E-state index is -0.837. The minimum absolute atomic E-state index is 0.0854. The maximum Gasteiger partial charge on any atom is 0.508 e. The summed E-state index contributed by atoms with van der Waals surface area (Å²) in [4.78, 5) is 25.1. The van der Waals surface area contributed by atoms with E-state index >= 15 is 0 Å². The number of carbonyl (C=O) groups excluding carboxylic acids is 2. The van der Waals surface area contributed by atoms with Crippen molar-refractivity contribution in [1.29, 1.82) is 0 Å². The summed E-state index contributed by atoms with van der Waals surface area (Å²) >= 11 is 0. The third-order valence-corrected chi connectivity index (χ3v) is 3.89. The van der Waals surface area contributed by atoms with Crippen molar-refractivity contribution in [3.63, 3.8) is 0 Å². The lowest BCUT2D eigenvalue weighted by atomic mass is 10.1. The maximum absolute atomic E-state index is 11.8. The molecule has 1 saturated heterocycles. The zero-order valence-corrected chi connectivity index (χ0v) is 12.9. The van der Waals surface area contributed by atoms with Crippen LogP contribution in [0.4, 0.5) is 4.79 Å². The highest BCUT2D eigenvalue weighted by Gasteiger charge is 2.33. The SMILES string of the molecule is COC(=O)OC1CN(CC2COc3ccccc3O2)CCC1=O. The molecule has 0 amide bonds. The monoisotopic (exact) mass is 321 g/mol. The van der Waals surface area contributed by atoms with Crippen LogP contribution in [0.25, 0.3) is 0 Å². The smallest absolute Gasteiger partial charge is 0.486 e. The van der Waals surface area contributed by atoms with Crippen LogP contribution in [0.2, 0.25) is 0 Å². The summed E-state index contributed by atoms with van der Waals surface area (Å²) < 4.78 is 21.1. The number of hydrogen-bond acceptors (Lipinski definition) is 7. The van der Waals surface area contributed by atoms with Crippen LogP contribution in [-0.2, 0) is 14.3 Å². The fourth-order valence-electron chi connectivity index (χ4n) is 2.73. The number of fused-ring (bicyclic) bond motifs is 1. The van der Waals surface area contributed by atoms with Gasteiger partial charge >= 0.3 is 6.16 Å². The van der Waals surface area contributed by atoms with Gasteiger partial charge in [-0.1, -0.05) is 12.1 Å². The van der Waals surface area contributed by atoms with Crippen molar-refractivity contribution < 1.29 is 28.5 Å². The minimum Gasteiger partial charge on any atom is -0.486 e. The van der Waals surface area contributed by atoms with Gasteiger partial charge in [0.05, 0.1) is 7.11 Å². The number of hydrogen-bond donors (Lipinski definition) is 0. The number of methoxy groups -OCH3 is 1. The van der Waals surface area contributed by atoms with Crippen molar-refractivity contribution in [2.45, 2.75) is 18.6 Å². The summed E-state index contributed by atoms with van der Waals surface area (Å²) in [7, 11) is 1.22. The fraction of sp³-hybridized carbons (Fsp3) is 0.500. The van der Waals surface area contributed by atoms with Crippen LogP contribution >= 0.6 is 0 Å². The molecule has 0 bridgehead atoms. The molecule has 124 valence electrons. The van der Waals surface area contributed by atoms with Crippen LogP contribution in [0.1, 0.15) is 6.42 Å². The van der Waals surface area contributed by atoms with E-state index in [9.17, 15) is 9.59 Å². The zero-order chi connectivity index (χ0) is 16.2. The highest BCUT2D eigenvalue weighted by atomic mass is 16.7. The highest BCUT2D eigenvalue weighted by Crippen LogP contribution is 2.31. The molecule has 3 rings (SSSR count). The molecule has 0 radical (unpaired) electrons. The normalized spacial score (nSPS) is 24.1. The number of benzene rings is 1. The molecule has 2 aliphatic rings. The Kier molecular flexibility index (Phi) is 4.66. The average Bonchev–Trinajstić information content (AvgIpc) is 2.57. The lowest BCUT2D eigenvalue weighted by molar-refractivity contribution is -0.133. The van der Waals surface area contributed by atoms with Gasteiger partial charge in [-0.15, -0.1) is 0 Å². The second kappa shape index (κ2) is 6.87. The van der Waals surface area contributed by atoms with Gasteiger partial charge < -0.3 is 18.9 Å². The van der Waals surface area contributed by atoms with Crippen LogP contribution in [0.5, 0.6) is 11.5 Å². The molecule has 2 aliphatic heterocycles. The van der Waals surface area contributed by atoms with Crippen molar-refractivity contribution in [2.24, 2.45) is 0 Å². The Morgan fingerprint density at radius 1 is 1.35 bits per heavy atom. The number of ether oxygens (including phenoxy) is 4. The standard InChI is InChI=1S/C16H19NO6/c1-20-16(19)23-15-9-17(7-6-12(15)18)8-11-10-21-13-4-2-3-5-14(13)22-11/h2-5,11,15H,6-10H2,1H3. The molecule has 1 aromatic carbocycles. The first-order chi connectivity index (χ1) is 11.2. The Hall–Kier alpha value is -2.28. The summed E-state index contributed by atoms with van der Waals surface area (Å²) in [6, 6.07) is 7.52. The second-order valence-electron chi connectivity index (χ2n) is 5.53. The summed E-state index contributed by atoms with van der Waals surface area (Å²) in [6.07, 6.45) is -1.41. The van der Waals surface area contributed by atoms with E-state index in [1.54, 1.807) is 0 Å². The van der Waals surface area contributed by atoms with E-state index in [1.165, 1.54) is 7.11 Å². The number of para-hydroxylation sites is 2. The molecular weight excluding hydrogens is 302 g/mol. The molecule has 0 N–H and O–H groups in total. The lowest BCUT2D eigenvalue weighted by Gasteiger charge is -2.35. The van der Waals surface area contributed by atoms with Crippen LogP contribution in [0, 0.1) is 0 Å². The fourth-order valence-corrected chi connectivity index (χ4v) is 2.73. The molecule has 0 spiro atoms. The van der Waals surface area contributed by atoms with Gasteiger partial charge in [-0.2, -0.15) is 0 Å². The predicted molar refractivity (Wildman–Crippen MR) is 79.7 cm³/mol. The molecule has 23 heavy (non-hydrogen) atoms. The third kappa shape index (κ3) is 3.73. The van der Waals surface area contributed by atoms with Crippen LogP contribution in [0.15, 0.2) is 24.3 Å². The van der Waals surface area contributed by atoms with Crippen LogP contribution < -0.4 is 9.47 Å².